The number of aromatic amines is 1. The van der Waals surface area contributed by atoms with Gasteiger partial charge < -0.3 is 5.32 Å². The second-order valence-electron chi connectivity index (χ2n) is 2.54. The van der Waals surface area contributed by atoms with Crippen LogP contribution < -0.4 is 5.32 Å². The van der Waals surface area contributed by atoms with Crippen molar-refractivity contribution in [2.45, 2.75) is 0 Å². The van der Waals surface area contributed by atoms with Gasteiger partial charge in [-0.15, -0.1) is 0 Å². The van der Waals surface area contributed by atoms with Crippen molar-refractivity contribution in [1.29, 1.82) is 0 Å². The predicted octanol–water partition coefficient (Wildman–Crippen LogP) is 1.79. The molecule has 6 heteroatoms. The Bertz CT molecular complexity index is 414. The van der Waals surface area contributed by atoms with E-state index in [0.29, 0.717) is 0 Å². The SMILES string of the molecule is CNc1ccc2cn[nH]c2c1.[B]=NS. The van der Waals surface area contributed by atoms with E-state index in [1.165, 1.54) is 0 Å². The topological polar surface area (TPSA) is 53.1 Å². The van der Waals surface area contributed by atoms with Crippen LogP contribution in [0, 0.1) is 0 Å². The van der Waals surface area contributed by atoms with Gasteiger partial charge in [-0.3, -0.25) is 5.10 Å². The van der Waals surface area contributed by atoms with E-state index in [1.54, 1.807) is 0 Å². The Morgan fingerprint density at radius 2 is 2.29 bits per heavy atom. The molecule has 2 rings (SSSR count). The molecular weight excluding hydrogens is 195 g/mol. The van der Waals surface area contributed by atoms with E-state index in [9.17, 15) is 0 Å². The molecule has 4 nitrogen and oxygen atoms in total. The Labute approximate surface area is 88.8 Å². The molecule has 2 aromatic rings. The molecule has 1 aromatic carbocycles. The average Bonchev–Trinajstić information content (AvgIpc) is 2.65. The molecule has 1 aromatic heterocycles. The number of hydrogen-bond donors (Lipinski definition) is 3. The molecule has 71 valence electrons. The fourth-order valence-corrected chi connectivity index (χ4v) is 1.09. The van der Waals surface area contributed by atoms with Gasteiger partial charge in [-0.05, 0) is 18.2 Å². The van der Waals surface area contributed by atoms with Crippen molar-refractivity contribution < 1.29 is 0 Å². The van der Waals surface area contributed by atoms with Crippen LogP contribution in [-0.2, 0) is 0 Å². The number of aromatic nitrogens is 2. The van der Waals surface area contributed by atoms with Crippen LogP contribution >= 0.6 is 12.8 Å². The molecule has 2 N–H and O–H groups in total. The third kappa shape index (κ3) is 2.60. The average molecular weight is 205 g/mol. The zero-order valence-electron chi connectivity index (χ0n) is 7.73. The summed E-state index contributed by atoms with van der Waals surface area (Å²) in [5.41, 5.74) is 2.17. The van der Waals surface area contributed by atoms with Crippen LogP contribution in [0.4, 0.5) is 5.69 Å². The third-order valence-electron chi connectivity index (χ3n) is 1.73. The number of thiol groups is 1. The zero-order chi connectivity index (χ0) is 10.4. The Hall–Kier alpha value is -1.30. The summed E-state index contributed by atoms with van der Waals surface area (Å²) in [6, 6.07) is 6.09. The van der Waals surface area contributed by atoms with E-state index in [0.717, 1.165) is 16.6 Å². The third-order valence-corrected chi connectivity index (χ3v) is 1.73. The second-order valence-corrected chi connectivity index (χ2v) is 2.77. The quantitative estimate of drug-likeness (QED) is 0.491. The van der Waals surface area contributed by atoms with Gasteiger partial charge in [0, 0.05) is 18.1 Å². The van der Waals surface area contributed by atoms with Crippen molar-refractivity contribution >= 4 is 37.0 Å². The van der Waals surface area contributed by atoms with Gasteiger partial charge in [-0.25, -0.2) is 0 Å². The van der Waals surface area contributed by atoms with Gasteiger partial charge >= 0.3 is 24.8 Å². The van der Waals surface area contributed by atoms with Crippen molar-refractivity contribution in [2.24, 2.45) is 4.30 Å². The van der Waals surface area contributed by atoms with E-state index in [4.69, 9.17) is 0 Å². The molecule has 0 bridgehead atoms. The molecule has 0 saturated carbocycles. The van der Waals surface area contributed by atoms with Gasteiger partial charge in [0.15, 0.2) is 0 Å². The number of H-pyrrole nitrogens is 1. The molecule has 0 atom stereocenters. The molecule has 0 fully saturated rings. The monoisotopic (exact) mass is 205 g/mol. The number of anilines is 1. The summed E-state index contributed by atoms with van der Waals surface area (Å²) in [5.74, 6) is 0. The standard InChI is InChI=1S/C8H9N3.BHNS/c1-9-7-3-2-6-5-10-11-8(6)4-7;1-2-3/h2-5,9H,1H3,(H,10,11);3H. The second kappa shape index (κ2) is 5.44. The minimum absolute atomic E-state index is 1.07. The Morgan fingerprint density at radius 1 is 1.57 bits per heavy atom. The molecule has 14 heavy (non-hydrogen) atoms. The van der Waals surface area contributed by atoms with Crippen molar-refractivity contribution in [3.63, 3.8) is 0 Å². The zero-order valence-corrected chi connectivity index (χ0v) is 8.62. The maximum absolute atomic E-state index is 4.34. The first-order valence-corrected chi connectivity index (χ1v) is 4.37. The summed E-state index contributed by atoms with van der Waals surface area (Å²) >= 11 is 3.19. The molecular formula is C8H10BN4S. The first-order valence-electron chi connectivity index (χ1n) is 3.97. The fourth-order valence-electron chi connectivity index (χ4n) is 1.09. The van der Waals surface area contributed by atoms with Crippen molar-refractivity contribution in [3.8, 4) is 0 Å². The van der Waals surface area contributed by atoms with Crippen LogP contribution in [0.5, 0.6) is 0 Å². The predicted molar refractivity (Wildman–Crippen MR) is 62.8 cm³/mol. The van der Waals surface area contributed by atoms with E-state index < -0.39 is 0 Å². The number of benzene rings is 1. The molecule has 0 amide bonds. The van der Waals surface area contributed by atoms with Crippen molar-refractivity contribution in [2.75, 3.05) is 12.4 Å². The van der Waals surface area contributed by atoms with Crippen LogP contribution in [-0.4, -0.2) is 24.9 Å². The molecule has 0 aliphatic rings. The van der Waals surface area contributed by atoms with Crippen LogP contribution in [0.2, 0.25) is 0 Å². The van der Waals surface area contributed by atoms with Crippen LogP contribution in [0.3, 0.4) is 0 Å². The molecule has 1 radical (unpaired) electrons. The van der Waals surface area contributed by atoms with Crippen molar-refractivity contribution in [3.05, 3.63) is 24.4 Å². The van der Waals surface area contributed by atoms with Gasteiger partial charge in [0.1, 0.15) is 0 Å². The normalized spacial score (nSPS) is 8.93. The summed E-state index contributed by atoms with van der Waals surface area (Å²) < 4.78 is 2.69. The van der Waals surface area contributed by atoms with E-state index in [-0.39, 0.29) is 0 Å². The van der Waals surface area contributed by atoms with Crippen molar-refractivity contribution in [1.82, 2.24) is 10.2 Å². The minimum atomic E-state index is 1.07. The summed E-state index contributed by atoms with van der Waals surface area (Å²) in [6.07, 6.45) is 1.81. The van der Waals surface area contributed by atoms with Crippen LogP contribution in [0.1, 0.15) is 0 Å². The van der Waals surface area contributed by atoms with E-state index in [1.807, 2.05) is 31.4 Å². The summed E-state index contributed by atoms with van der Waals surface area (Å²) in [6.45, 7) is 0. The first-order chi connectivity index (χ1) is 6.81. The molecule has 0 spiro atoms. The Morgan fingerprint density at radius 3 is 2.93 bits per heavy atom. The van der Waals surface area contributed by atoms with Crippen LogP contribution in [0.15, 0.2) is 28.7 Å². The molecule has 0 aliphatic heterocycles. The molecule has 0 saturated heterocycles. The number of hydrogen-bond acceptors (Lipinski definition) is 4. The Kier molecular flexibility index (Phi) is 4.19. The molecule has 1 heterocycles. The molecule has 0 aliphatic carbocycles. The Balaban J connectivity index is 0.000000293. The van der Waals surface area contributed by atoms with Gasteiger partial charge in [-0.2, -0.15) is 5.10 Å². The summed E-state index contributed by atoms with van der Waals surface area (Å²) in [7, 11) is 6.24. The van der Waals surface area contributed by atoms with Gasteiger partial charge in [0.2, 0.25) is 0 Å². The summed E-state index contributed by atoms with van der Waals surface area (Å²) in [5, 5.41) is 11.0. The molecule has 0 unspecified atom stereocenters. The number of rotatable bonds is 1. The fraction of sp³-hybridized carbons (Fsp3) is 0.125. The van der Waals surface area contributed by atoms with Crippen LogP contribution in [0.25, 0.3) is 10.9 Å². The van der Waals surface area contributed by atoms with E-state index in [2.05, 4.69) is 40.3 Å². The van der Waals surface area contributed by atoms with Gasteiger partial charge in [-0.1, -0.05) is 0 Å². The number of nitrogens with zero attached hydrogens (tertiary/aromatic N) is 2. The number of nitrogens with one attached hydrogen (secondary N) is 2. The maximum atomic E-state index is 4.34. The van der Waals surface area contributed by atoms with E-state index >= 15 is 0 Å². The number of fused-ring (bicyclic) bond motifs is 1. The first kappa shape index (κ1) is 10.8. The van der Waals surface area contributed by atoms with Gasteiger partial charge in [0.05, 0.1) is 11.7 Å². The van der Waals surface area contributed by atoms with Gasteiger partial charge in [0.25, 0.3) is 0 Å². The summed E-state index contributed by atoms with van der Waals surface area (Å²) in [4.78, 5) is 0.